The number of nitrogen functional groups attached to an aromatic ring is 1. The van der Waals surface area contributed by atoms with Crippen LogP contribution in [0.4, 0.5) is 5.69 Å². The summed E-state index contributed by atoms with van der Waals surface area (Å²) < 4.78 is 7.03. The molecule has 0 saturated heterocycles. The van der Waals surface area contributed by atoms with Gasteiger partial charge in [-0.25, -0.2) is 0 Å². The van der Waals surface area contributed by atoms with Crippen LogP contribution in [0.15, 0.2) is 24.4 Å². The Morgan fingerprint density at radius 1 is 1.35 bits per heavy atom. The average molecular weight is 295 g/mol. The number of ether oxygens (including phenoxy) is 1. The van der Waals surface area contributed by atoms with E-state index in [4.69, 9.17) is 33.7 Å². The van der Waals surface area contributed by atoms with Gasteiger partial charge in [-0.2, -0.15) is 0 Å². The molecule has 0 amide bonds. The molecule has 2 rings (SSSR count). The van der Waals surface area contributed by atoms with Crippen LogP contribution in [-0.2, 0) is 7.05 Å². The molecule has 1 heterocycles. The normalized spacial score (nSPS) is 9.82. The molecule has 7 heteroatoms. The maximum Gasteiger partial charge on any atom is 0.261 e. The van der Waals surface area contributed by atoms with Crippen LogP contribution in [0.2, 0.25) is 10.0 Å². The summed E-state index contributed by atoms with van der Waals surface area (Å²) in [6.45, 7) is 0. The van der Waals surface area contributed by atoms with Gasteiger partial charge in [0.05, 0.1) is 11.2 Å². The summed E-state index contributed by atoms with van der Waals surface area (Å²) >= 11 is 11.8. The van der Waals surface area contributed by atoms with E-state index in [1.807, 2.05) is 0 Å². The second-order valence-electron chi connectivity index (χ2n) is 3.22. The Kier molecular flexibility index (Phi) is 4.51. The van der Waals surface area contributed by atoms with Gasteiger partial charge >= 0.3 is 0 Å². The van der Waals surface area contributed by atoms with Gasteiger partial charge in [-0.15, -0.1) is 17.5 Å². The minimum Gasteiger partial charge on any atom is -0.434 e. The molecule has 0 atom stereocenters. The van der Waals surface area contributed by atoms with Crippen molar-refractivity contribution in [3.05, 3.63) is 34.4 Å². The van der Waals surface area contributed by atoms with Gasteiger partial charge in [0.15, 0.2) is 0 Å². The molecular formula is C10H10Cl3N3O. The van der Waals surface area contributed by atoms with Crippen molar-refractivity contribution in [3.8, 4) is 11.6 Å². The molecule has 1 aromatic carbocycles. The summed E-state index contributed by atoms with van der Waals surface area (Å²) in [6.07, 6.45) is 1.65. The van der Waals surface area contributed by atoms with Gasteiger partial charge in [0.25, 0.3) is 5.88 Å². The van der Waals surface area contributed by atoms with E-state index in [1.54, 1.807) is 36.1 Å². The fourth-order valence-corrected chi connectivity index (χ4v) is 1.56. The summed E-state index contributed by atoms with van der Waals surface area (Å²) in [5, 5.41) is 4.81. The standard InChI is InChI=1S/C10H9Cl2N3O.ClH/c1-15-5-7(13)10(14-15)16-8-4-2-3-6(11)9(8)12;/h2-5H,13H2,1H3;1H. The van der Waals surface area contributed by atoms with Crippen molar-refractivity contribution in [1.29, 1.82) is 0 Å². The van der Waals surface area contributed by atoms with Crippen molar-refractivity contribution in [2.24, 2.45) is 7.05 Å². The third-order valence-corrected chi connectivity index (χ3v) is 2.75. The third-order valence-electron chi connectivity index (χ3n) is 1.94. The SMILES string of the molecule is Cl.Cn1cc(N)c(Oc2cccc(Cl)c2Cl)n1. The van der Waals surface area contributed by atoms with Crippen molar-refractivity contribution in [1.82, 2.24) is 9.78 Å². The lowest BCUT2D eigenvalue weighted by Crippen LogP contribution is -1.91. The molecule has 4 nitrogen and oxygen atoms in total. The van der Waals surface area contributed by atoms with E-state index < -0.39 is 0 Å². The summed E-state index contributed by atoms with van der Waals surface area (Å²) in [7, 11) is 1.75. The Bertz CT molecular complexity index is 528. The molecule has 0 bridgehead atoms. The molecule has 2 aromatic rings. The van der Waals surface area contributed by atoms with Crippen LogP contribution in [-0.4, -0.2) is 9.78 Å². The summed E-state index contributed by atoms with van der Waals surface area (Å²) in [5.74, 6) is 0.742. The molecule has 17 heavy (non-hydrogen) atoms. The van der Waals surface area contributed by atoms with E-state index in [9.17, 15) is 0 Å². The maximum absolute atomic E-state index is 5.97. The number of aryl methyl sites for hydroxylation is 1. The molecule has 0 unspecified atom stereocenters. The largest absolute Gasteiger partial charge is 0.434 e. The van der Waals surface area contributed by atoms with Crippen LogP contribution >= 0.6 is 35.6 Å². The van der Waals surface area contributed by atoms with Crippen molar-refractivity contribution in [2.75, 3.05) is 5.73 Å². The maximum atomic E-state index is 5.97. The van der Waals surface area contributed by atoms with E-state index in [2.05, 4.69) is 5.10 Å². The van der Waals surface area contributed by atoms with Gasteiger partial charge in [-0.1, -0.05) is 29.3 Å². The Hall–Kier alpha value is -1.10. The van der Waals surface area contributed by atoms with E-state index in [-0.39, 0.29) is 12.4 Å². The lowest BCUT2D eigenvalue weighted by atomic mass is 10.3. The third kappa shape index (κ3) is 2.97. The van der Waals surface area contributed by atoms with Gasteiger partial charge in [0, 0.05) is 7.05 Å². The Morgan fingerprint density at radius 3 is 2.65 bits per heavy atom. The highest BCUT2D eigenvalue weighted by Crippen LogP contribution is 2.35. The number of hydrogen-bond donors (Lipinski definition) is 1. The number of nitrogens with two attached hydrogens (primary N) is 1. The molecule has 2 N–H and O–H groups in total. The fourth-order valence-electron chi connectivity index (χ4n) is 1.23. The number of hydrogen-bond acceptors (Lipinski definition) is 3. The van der Waals surface area contributed by atoms with E-state index in [0.29, 0.717) is 27.4 Å². The highest BCUT2D eigenvalue weighted by atomic mass is 35.5. The van der Waals surface area contributed by atoms with Gasteiger partial charge in [0.1, 0.15) is 16.5 Å². The van der Waals surface area contributed by atoms with Gasteiger partial charge < -0.3 is 10.5 Å². The number of benzene rings is 1. The molecule has 0 fully saturated rings. The van der Waals surface area contributed by atoms with Crippen LogP contribution in [0.3, 0.4) is 0 Å². The number of anilines is 1. The Balaban J connectivity index is 0.00000144. The molecule has 0 aliphatic heterocycles. The lowest BCUT2D eigenvalue weighted by molar-refractivity contribution is 0.456. The molecule has 1 aromatic heterocycles. The second-order valence-corrected chi connectivity index (χ2v) is 4.00. The zero-order valence-corrected chi connectivity index (χ0v) is 11.2. The molecule has 92 valence electrons. The number of halogens is 3. The van der Waals surface area contributed by atoms with Crippen LogP contribution in [0.5, 0.6) is 11.6 Å². The first kappa shape index (κ1) is 14.0. The molecular weight excluding hydrogens is 284 g/mol. The molecule has 0 spiro atoms. The van der Waals surface area contributed by atoms with Gasteiger partial charge in [0.2, 0.25) is 0 Å². The highest BCUT2D eigenvalue weighted by Gasteiger charge is 2.11. The predicted octanol–water partition coefficient (Wildman–Crippen LogP) is 3.52. The lowest BCUT2D eigenvalue weighted by Gasteiger charge is -2.05. The van der Waals surface area contributed by atoms with Crippen molar-refractivity contribution >= 4 is 41.3 Å². The van der Waals surface area contributed by atoms with E-state index in [0.717, 1.165) is 0 Å². The minimum absolute atomic E-state index is 0. The van der Waals surface area contributed by atoms with Gasteiger partial charge in [-0.3, -0.25) is 4.68 Å². The summed E-state index contributed by atoms with van der Waals surface area (Å²) in [6, 6.07) is 5.11. The first-order valence-corrected chi connectivity index (χ1v) is 5.24. The number of nitrogens with zero attached hydrogens (tertiary/aromatic N) is 2. The molecule has 0 aliphatic rings. The monoisotopic (exact) mass is 293 g/mol. The first-order chi connectivity index (χ1) is 7.58. The van der Waals surface area contributed by atoms with Crippen molar-refractivity contribution in [2.45, 2.75) is 0 Å². The first-order valence-electron chi connectivity index (χ1n) is 4.49. The minimum atomic E-state index is 0. The highest BCUT2D eigenvalue weighted by molar-refractivity contribution is 6.42. The van der Waals surface area contributed by atoms with Crippen LogP contribution in [0.1, 0.15) is 0 Å². The number of rotatable bonds is 2. The summed E-state index contributed by atoms with van der Waals surface area (Å²) in [4.78, 5) is 0. The average Bonchev–Trinajstić information content (AvgIpc) is 2.53. The van der Waals surface area contributed by atoms with Crippen LogP contribution in [0.25, 0.3) is 0 Å². The van der Waals surface area contributed by atoms with E-state index in [1.165, 1.54) is 0 Å². The second kappa shape index (κ2) is 5.49. The fraction of sp³-hybridized carbons (Fsp3) is 0.100. The van der Waals surface area contributed by atoms with Crippen molar-refractivity contribution < 1.29 is 4.74 Å². The molecule has 0 aliphatic carbocycles. The van der Waals surface area contributed by atoms with Crippen LogP contribution in [0, 0.1) is 0 Å². The van der Waals surface area contributed by atoms with Crippen LogP contribution < -0.4 is 10.5 Å². The zero-order chi connectivity index (χ0) is 11.7. The summed E-state index contributed by atoms with van der Waals surface area (Å²) in [5.41, 5.74) is 6.14. The zero-order valence-electron chi connectivity index (χ0n) is 8.85. The van der Waals surface area contributed by atoms with Gasteiger partial charge in [-0.05, 0) is 12.1 Å². The quantitative estimate of drug-likeness (QED) is 0.922. The Labute approximate surface area is 115 Å². The topological polar surface area (TPSA) is 53.1 Å². The number of aromatic nitrogens is 2. The Morgan fingerprint density at radius 2 is 2.06 bits per heavy atom. The molecule has 0 radical (unpaired) electrons. The smallest absolute Gasteiger partial charge is 0.261 e. The predicted molar refractivity (Wildman–Crippen MR) is 71.4 cm³/mol. The molecule has 0 saturated carbocycles. The van der Waals surface area contributed by atoms with Crippen molar-refractivity contribution in [3.63, 3.8) is 0 Å². The van der Waals surface area contributed by atoms with E-state index >= 15 is 0 Å².